The van der Waals surface area contributed by atoms with Gasteiger partial charge in [0.25, 0.3) is 5.91 Å². The summed E-state index contributed by atoms with van der Waals surface area (Å²) >= 11 is 12.6. The van der Waals surface area contributed by atoms with Gasteiger partial charge in [-0.05, 0) is 47.0 Å². The molecular weight excluding hydrogens is 438 g/mol. The van der Waals surface area contributed by atoms with Crippen molar-refractivity contribution < 1.29 is 13.9 Å². The number of amides is 1. The lowest BCUT2D eigenvalue weighted by Crippen LogP contribution is -2.23. The molecule has 0 aliphatic rings. The zero-order chi connectivity index (χ0) is 22.2. The minimum Gasteiger partial charge on any atom is -0.486 e. The topological polar surface area (TPSA) is 62.1 Å². The van der Waals surface area contributed by atoms with E-state index in [0.29, 0.717) is 17.7 Å². The molecule has 0 fully saturated rings. The Hall–Kier alpha value is -3.33. The van der Waals surface area contributed by atoms with E-state index in [2.05, 4.69) is 5.32 Å². The van der Waals surface area contributed by atoms with Gasteiger partial charge >= 0.3 is 0 Å². The summed E-state index contributed by atoms with van der Waals surface area (Å²) < 4.78 is 18.9. The Bertz CT molecular complexity index is 1130. The van der Waals surface area contributed by atoms with E-state index in [4.69, 9.17) is 27.9 Å². The second-order valence-electron chi connectivity index (χ2n) is 6.57. The van der Waals surface area contributed by atoms with Gasteiger partial charge in [0.05, 0.1) is 10.0 Å². The van der Waals surface area contributed by atoms with E-state index >= 15 is 0 Å². The highest BCUT2D eigenvalue weighted by atomic mass is 35.5. The van der Waals surface area contributed by atoms with Gasteiger partial charge in [-0.1, -0.05) is 65.7 Å². The zero-order valence-electron chi connectivity index (χ0n) is 16.2. The molecule has 0 heterocycles. The van der Waals surface area contributed by atoms with Crippen molar-refractivity contribution in [3.63, 3.8) is 0 Å². The lowest BCUT2D eigenvalue weighted by molar-refractivity contribution is -0.117. The van der Waals surface area contributed by atoms with Crippen molar-refractivity contribution >= 4 is 35.2 Å². The SMILES string of the molecule is N#C/C(=C/c1cc(Cl)c(OCc2cccc(F)c2)c(Cl)c1)C(=O)NCc1ccccc1. The van der Waals surface area contributed by atoms with Crippen LogP contribution in [0.15, 0.2) is 72.3 Å². The Labute approximate surface area is 189 Å². The van der Waals surface area contributed by atoms with Gasteiger partial charge in [0.15, 0.2) is 5.75 Å². The summed E-state index contributed by atoms with van der Waals surface area (Å²) in [4.78, 5) is 12.4. The van der Waals surface area contributed by atoms with Crippen molar-refractivity contribution in [1.82, 2.24) is 5.32 Å². The van der Waals surface area contributed by atoms with Crippen LogP contribution in [0.5, 0.6) is 5.75 Å². The minimum absolute atomic E-state index is 0.0811. The molecule has 156 valence electrons. The quantitative estimate of drug-likeness (QED) is 0.355. The molecule has 1 N–H and O–H groups in total. The highest BCUT2D eigenvalue weighted by molar-refractivity contribution is 6.37. The van der Waals surface area contributed by atoms with Crippen LogP contribution in [0.2, 0.25) is 10.0 Å². The van der Waals surface area contributed by atoms with E-state index in [1.165, 1.54) is 30.3 Å². The summed E-state index contributed by atoms with van der Waals surface area (Å²) in [5.74, 6) is -0.643. The summed E-state index contributed by atoms with van der Waals surface area (Å²) in [7, 11) is 0. The number of carbonyl (C=O) groups excluding carboxylic acids is 1. The molecule has 3 rings (SSSR count). The summed E-state index contributed by atoms with van der Waals surface area (Å²) in [6.07, 6.45) is 1.40. The Morgan fingerprint density at radius 1 is 1.03 bits per heavy atom. The second-order valence-corrected chi connectivity index (χ2v) is 7.38. The number of rotatable bonds is 7. The molecule has 0 bridgehead atoms. The number of benzene rings is 3. The van der Waals surface area contributed by atoms with Crippen molar-refractivity contribution in [3.05, 3.63) is 105 Å². The van der Waals surface area contributed by atoms with Gasteiger partial charge in [-0.25, -0.2) is 4.39 Å². The Balaban J connectivity index is 1.71. The average Bonchev–Trinajstić information content (AvgIpc) is 2.76. The fourth-order valence-electron chi connectivity index (χ4n) is 2.77. The standard InChI is InChI=1S/C24H17Cl2FN2O2/c25-21-11-18(9-19(13-28)24(30)29-14-16-5-2-1-3-6-16)12-22(26)23(21)31-15-17-7-4-8-20(27)10-17/h1-12H,14-15H2,(H,29,30)/b19-9-. The van der Waals surface area contributed by atoms with Crippen molar-refractivity contribution in [2.24, 2.45) is 0 Å². The van der Waals surface area contributed by atoms with Crippen LogP contribution in [0, 0.1) is 17.1 Å². The van der Waals surface area contributed by atoms with Crippen molar-refractivity contribution in [1.29, 1.82) is 5.26 Å². The first kappa shape index (κ1) is 22.4. The van der Waals surface area contributed by atoms with Gasteiger partial charge < -0.3 is 10.1 Å². The smallest absolute Gasteiger partial charge is 0.262 e. The average molecular weight is 455 g/mol. The molecule has 0 spiro atoms. The molecule has 0 unspecified atom stereocenters. The number of halogens is 3. The maximum Gasteiger partial charge on any atom is 0.262 e. The second kappa shape index (κ2) is 10.6. The summed E-state index contributed by atoms with van der Waals surface area (Å²) in [5.41, 5.74) is 1.92. The van der Waals surface area contributed by atoms with Gasteiger partial charge in [-0.2, -0.15) is 5.26 Å². The van der Waals surface area contributed by atoms with Gasteiger partial charge in [0.2, 0.25) is 0 Å². The molecule has 0 aliphatic heterocycles. The Morgan fingerprint density at radius 2 is 1.71 bits per heavy atom. The van der Waals surface area contributed by atoms with Crippen LogP contribution in [-0.2, 0) is 17.9 Å². The molecule has 0 saturated carbocycles. The first-order valence-electron chi connectivity index (χ1n) is 9.26. The summed E-state index contributed by atoms with van der Waals surface area (Å²) in [6, 6.07) is 20.3. The molecular formula is C24H17Cl2FN2O2. The molecule has 0 saturated heterocycles. The number of nitrogens with one attached hydrogen (secondary N) is 1. The van der Waals surface area contributed by atoms with E-state index in [0.717, 1.165) is 5.56 Å². The van der Waals surface area contributed by atoms with E-state index in [-0.39, 0.29) is 33.8 Å². The largest absolute Gasteiger partial charge is 0.486 e. The predicted molar refractivity (Wildman–Crippen MR) is 119 cm³/mol. The van der Waals surface area contributed by atoms with E-state index < -0.39 is 5.91 Å². The maximum atomic E-state index is 13.3. The third-order valence-corrected chi connectivity index (χ3v) is 4.83. The number of nitrogens with zero attached hydrogens (tertiary/aromatic N) is 1. The van der Waals surface area contributed by atoms with Crippen LogP contribution in [0.3, 0.4) is 0 Å². The molecule has 31 heavy (non-hydrogen) atoms. The molecule has 0 atom stereocenters. The van der Waals surface area contributed by atoms with Crippen molar-refractivity contribution in [2.75, 3.05) is 0 Å². The van der Waals surface area contributed by atoms with E-state index in [1.54, 1.807) is 12.1 Å². The third kappa shape index (κ3) is 6.32. The first-order valence-corrected chi connectivity index (χ1v) is 10.0. The molecule has 4 nitrogen and oxygen atoms in total. The van der Waals surface area contributed by atoms with Crippen LogP contribution in [-0.4, -0.2) is 5.91 Å². The van der Waals surface area contributed by atoms with Crippen LogP contribution < -0.4 is 10.1 Å². The lowest BCUT2D eigenvalue weighted by atomic mass is 10.1. The minimum atomic E-state index is -0.509. The van der Waals surface area contributed by atoms with Crippen molar-refractivity contribution in [3.8, 4) is 11.8 Å². The lowest BCUT2D eigenvalue weighted by Gasteiger charge is -2.11. The molecule has 1 amide bonds. The molecule has 0 aliphatic carbocycles. The normalized spacial score (nSPS) is 11.0. The summed E-state index contributed by atoms with van der Waals surface area (Å²) in [6.45, 7) is 0.380. The molecule has 3 aromatic carbocycles. The third-order valence-electron chi connectivity index (χ3n) is 4.26. The number of ether oxygens (including phenoxy) is 1. The Kier molecular flexibility index (Phi) is 7.66. The fraction of sp³-hybridized carbons (Fsp3) is 0.0833. The zero-order valence-corrected chi connectivity index (χ0v) is 17.8. The number of carbonyl (C=O) groups is 1. The highest BCUT2D eigenvalue weighted by Gasteiger charge is 2.13. The molecule has 0 aromatic heterocycles. The van der Waals surface area contributed by atoms with Crippen LogP contribution in [0.4, 0.5) is 4.39 Å². The molecule has 3 aromatic rings. The summed E-state index contributed by atoms with van der Waals surface area (Å²) in [5, 5.41) is 12.5. The molecule has 0 radical (unpaired) electrons. The fourth-order valence-corrected chi connectivity index (χ4v) is 3.38. The van der Waals surface area contributed by atoms with Gasteiger partial charge in [0.1, 0.15) is 24.1 Å². The highest BCUT2D eigenvalue weighted by Crippen LogP contribution is 2.35. The van der Waals surface area contributed by atoms with Crippen molar-refractivity contribution in [2.45, 2.75) is 13.2 Å². The Morgan fingerprint density at radius 3 is 2.35 bits per heavy atom. The van der Waals surface area contributed by atoms with Gasteiger partial charge in [-0.15, -0.1) is 0 Å². The maximum absolute atomic E-state index is 13.3. The molecule has 7 heteroatoms. The van der Waals surface area contributed by atoms with Crippen LogP contribution >= 0.6 is 23.2 Å². The predicted octanol–water partition coefficient (Wildman–Crippen LogP) is 5.93. The number of nitriles is 1. The first-order chi connectivity index (χ1) is 15.0. The van der Waals surface area contributed by atoms with E-state index in [1.807, 2.05) is 36.4 Å². The number of hydrogen-bond acceptors (Lipinski definition) is 3. The van der Waals surface area contributed by atoms with Crippen LogP contribution in [0.25, 0.3) is 6.08 Å². The number of hydrogen-bond donors (Lipinski definition) is 1. The van der Waals surface area contributed by atoms with E-state index in [9.17, 15) is 14.4 Å². The van der Waals surface area contributed by atoms with Gasteiger partial charge in [0, 0.05) is 6.54 Å². The van der Waals surface area contributed by atoms with Crippen LogP contribution in [0.1, 0.15) is 16.7 Å². The monoisotopic (exact) mass is 454 g/mol. The van der Waals surface area contributed by atoms with Gasteiger partial charge in [-0.3, -0.25) is 4.79 Å².